The number of ether oxygens (including phenoxy) is 1. The first kappa shape index (κ1) is 22.8. The maximum atomic E-state index is 13.0. The molecular formula is C23H31N3O5. The van der Waals surface area contributed by atoms with Crippen molar-refractivity contribution in [2.75, 3.05) is 19.7 Å². The van der Waals surface area contributed by atoms with Crippen LogP contribution in [0.2, 0.25) is 0 Å². The van der Waals surface area contributed by atoms with Crippen LogP contribution in [0.3, 0.4) is 0 Å². The van der Waals surface area contributed by atoms with Crippen molar-refractivity contribution in [2.45, 2.75) is 59.0 Å². The Morgan fingerprint density at radius 3 is 2.29 bits per heavy atom. The van der Waals surface area contributed by atoms with Gasteiger partial charge in [-0.05, 0) is 57.7 Å². The summed E-state index contributed by atoms with van der Waals surface area (Å²) in [6.45, 7) is 10.7. The van der Waals surface area contributed by atoms with Crippen LogP contribution < -0.4 is 5.32 Å². The lowest BCUT2D eigenvalue weighted by Gasteiger charge is -2.32. The van der Waals surface area contributed by atoms with Gasteiger partial charge in [-0.3, -0.25) is 19.3 Å². The third-order valence-corrected chi connectivity index (χ3v) is 5.46. The van der Waals surface area contributed by atoms with Crippen LogP contribution in [0.5, 0.6) is 0 Å². The SMILES string of the molecule is CC(C)COC(=O)NC1CCN(C(=O)c2ccc3c(c2)C(=O)N(C(C)(C)C)C3=O)CC1. The number of hydrogen-bond acceptors (Lipinski definition) is 5. The first-order valence-corrected chi connectivity index (χ1v) is 10.7. The molecular weight excluding hydrogens is 398 g/mol. The molecule has 8 heteroatoms. The minimum absolute atomic E-state index is 0.0386. The Hall–Kier alpha value is -2.90. The molecule has 0 saturated carbocycles. The Morgan fingerprint density at radius 2 is 1.71 bits per heavy atom. The number of benzene rings is 1. The first-order chi connectivity index (χ1) is 14.5. The van der Waals surface area contributed by atoms with Gasteiger partial charge in [0, 0.05) is 30.2 Å². The van der Waals surface area contributed by atoms with Gasteiger partial charge in [0.1, 0.15) is 0 Å². The topological polar surface area (TPSA) is 96.0 Å². The number of fused-ring (bicyclic) bond motifs is 1. The highest BCUT2D eigenvalue weighted by Gasteiger charge is 2.42. The first-order valence-electron chi connectivity index (χ1n) is 10.7. The summed E-state index contributed by atoms with van der Waals surface area (Å²) in [7, 11) is 0. The van der Waals surface area contributed by atoms with Crippen LogP contribution in [0.4, 0.5) is 4.79 Å². The largest absolute Gasteiger partial charge is 0.449 e. The lowest BCUT2D eigenvalue weighted by Crippen LogP contribution is -2.46. The van der Waals surface area contributed by atoms with Gasteiger partial charge < -0.3 is 15.0 Å². The predicted octanol–water partition coefficient (Wildman–Crippen LogP) is 3.07. The van der Waals surface area contributed by atoms with E-state index in [1.165, 1.54) is 11.0 Å². The fourth-order valence-corrected chi connectivity index (χ4v) is 3.84. The zero-order valence-electron chi connectivity index (χ0n) is 18.9. The third-order valence-electron chi connectivity index (χ3n) is 5.46. The van der Waals surface area contributed by atoms with Crippen LogP contribution in [0, 0.1) is 5.92 Å². The summed E-state index contributed by atoms with van der Waals surface area (Å²) in [5.74, 6) is -0.610. The molecule has 1 N–H and O–H groups in total. The summed E-state index contributed by atoms with van der Waals surface area (Å²) in [4.78, 5) is 53.1. The van der Waals surface area contributed by atoms with E-state index in [4.69, 9.17) is 4.74 Å². The number of nitrogens with zero attached hydrogens (tertiary/aromatic N) is 2. The summed E-state index contributed by atoms with van der Waals surface area (Å²) in [6.07, 6.45) is 0.828. The second kappa shape index (κ2) is 8.69. The quantitative estimate of drug-likeness (QED) is 0.742. The normalized spacial score (nSPS) is 17.2. The molecule has 0 aliphatic carbocycles. The minimum atomic E-state index is -0.636. The maximum Gasteiger partial charge on any atom is 0.407 e. The summed E-state index contributed by atoms with van der Waals surface area (Å²) in [5.41, 5.74) is 0.357. The Bertz CT molecular complexity index is 895. The van der Waals surface area contributed by atoms with Gasteiger partial charge in [-0.2, -0.15) is 0 Å². The van der Waals surface area contributed by atoms with Crippen LogP contribution in [0.25, 0.3) is 0 Å². The molecule has 4 amide bonds. The lowest BCUT2D eigenvalue weighted by atomic mass is 10.0. The van der Waals surface area contributed by atoms with E-state index in [9.17, 15) is 19.2 Å². The molecule has 31 heavy (non-hydrogen) atoms. The van der Waals surface area contributed by atoms with E-state index in [1.54, 1.807) is 37.8 Å². The van der Waals surface area contributed by atoms with Crippen LogP contribution in [-0.4, -0.2) is 64.9 Å². The number of carbonyl (C=O) groups is 4. The van der Waals surface area contributed by atoms with Gasteiger partial charge in [0.2, 0.25) is 0 Å². The fraction of sp³-hybridized carbons (Fsp3) is 0.565. The molecule has 168 valence electrons. The van der Waals surface area contributed by atoms with Crippen molar-refractivity contribution in [3.05, 3.63) is 34.9 Å². The van der Waals surface area contributed by atoms with Crippen molar-refractivity contribution in [3.8, 4) is 0 Å². The number of hydrogen-bond donors (Lipinski definition) is 1. The smallest absolute Gasteiger partial charge is 0.407 e. The van der Waals surface area contributed by atoms with Crippen molar-refractivity contribution >= 4 is 23.8 Å². The fourth-order valence-electron chi connectivity index (χ4n) is 3.84. The van der Waals surface area contributed by atoms with E-state index in [2.05, 4.69) is 5.32 Å². The number of rotatable bonds is 4. The number of likely N-dealkylation sites (tertiary alicyclic amines) is 1. The Labute approximate surface area is 182 Å². The Balaban J connectivity index is 1.62. The van der Waals surface area contributed by atoms with Gasteiger partial charge in [0.15, 0.2) is 0 Å². The molecule has 2 heterocycles. The summed E-state index contributed by atoms with van der Waals surface area (Å²) >= 11 is 0. The monoisotopic (exact) mass is 429 g/mol. The van der Waals surface area contributed by atoms with Crippen molar-refractivity contribution < 1.29 is 23.9 Å². The van der Waals surface area contributed by atoms with Gasteiger partial charge in [-0.1, -0.05) is 13.8 Å². The third kappa shape index (κ3) is 4.89. The molecule has 0 spiro atoms. The standard InChI is InChI=1S/C23H31N3O5/c1-14(2)13-31-22(30)24-16-8-10-25(11-9-16)19(27)15-6-7-17-18(12-15)21(29)26(20(17)28)23(3,4)5/h6-7,12,14,16H,8-11,13H2,1-5H3,(H,24,30). The molecule has 1 aromatic carbocycles. The molecule has 2 aliphatic heterocycles. The summed E-state index contributed by atoms with van der Waals surface area (Å²) in [5, 5.41) is 2.85. The van der Waals surface area contributed by atoms with Crippen molar-refractivity contribution in [1.82, 2.24) is 15.1 Å². The van der Waals surface area contributed by atoms with Gasteiger partial charge in [0.25, 0.3) is 17.7 Å². The van der Waals surface area contributed by atoms with Gasteiger partial charge in [-0.25, -0.2) is 4.79 Å². The molecule has 0 atom stereocenters. The molecule has 1 fully saturated rings. The van der Waals surface area contributed by atoms with Gasteiger partial charge in [0.05, 0.1) is 17.7 Å². The number of alkyl carbamates (subject to hydrolysis) is 1. The van der Waals surface area contributed by atoms with E-state index in [0.717, 1.165) is 0 Å². The van der Waals surface area contributed by atoms with Crippen LogP contribution in [-0.2, 0) is 4.74 Å². The van der Waals surface area contributed by atoms with Gasteiger partial charge in [-0.15, -0.1) is 0 Å². The van der Waals surface area contributed by atoms with E-state index in [1.807, 2.05) is 13.8 Å². The van der Waals surface area contributed by atoms with E-state index < -0.39 is 11.6 Å². The van der Waals surface area contributed by atoms with Crippen LogP contribution in [0.1, 0.15) is 78.5 Å². The summed E-state index contributed by atoms with van der Waals surface area (Å²) < 4.78 is 5.15. The number of imide groups is 1. The summed E-state index contributed by atoms with van der Waals surface area (Å²) in [6, 6.07) is 4.65. The zero-order chi connectivity index (χ0) is 22.9. The number of carbonyl (C=O) groups excluding carboxylic acids is 4. The molecule has 0 unspecified atom stereocenters. The van der Waals surface area contributed by atoms with Crippen LogP contribution in [0.15, 0.2) is 18.2 Å². The van der Waals surface area contributed by atoms with E-state index in [-0.39, 0.29) is 35.2 Å². The average Bonchev–Trinajstić information content (AvgIpc) is 2.96. The highest BCUT2D eigenvalue weighted by Crippen LogP contribution is 2.30. The molecule has 0 aromatic heterocycles. The number of amides is 4. The predicted molar refractivity (Wildman–Crippen MR) is 115 cm³/mol. The Kier molecular flexibility index (Phi) is 6.38. The molecule has 0 radical (unpaired) electrons. The van der Waals surface area contributed by atoms with E-state index in [0.29, 0.717) is 43.7 Å². The highest BCUT2D eigenvalue weighted by molar-refractivity contribution is 6.22. The molecule has 3 rings (SSSR count). The second-order valence-electron chi connectivity index (χ2n) is 9.58. The Morgan fingerprint density at radius 1 is 1.10 bits per heavy atom. The molecule has 1 aromatic rings. The molecule has 2 aliphatic rings. The number of nitrogens with one attached hydrogen (secondary N) is 1. The van der Waals surface area contributed by atoms with Crippen LogP contribution >= 0.6 is 0 Å². The van der Waals surface area contributed by atoms with Crippen molar-refractivity contribution in [3.63, 3.8) is 0 Å². The number of piperidine rings is 1. The molecule has 0 bridgehead atoms. The molecule has 1 saturated heterocycles. The maximum absolute atomic E-state index is 13.0. The average molecular weight is 430 g/mol. The second-order valence-corrected chi connectivity index (χ2v) is 9.58. The zero-order valence-corrected chi connectivity index (χ0v) is 18.9. The molecule has 8 nitrogen and oxygen atoms in total. The van der Waals surface area contributed by atoms with Crippen molar-refractivity contribution in [2.24, 2.45) is 5.92 Å². The minimum Gasteiger partial charge on any atom is -0.449 e. The highest BCUT2D eigenvalue weighted by atomic mass is 16.5. The van der Waals surface area contributed by atoms with E-state index >= 15 is 0 Å². The van der Waals surface area contributed by atoms with Crippen molar-refractivity contribution in [1.29, 1.82) is 0 Å². The lowest BCUT2D eigenvalue weighted by molar-refractivity contribution is 0.0507. The van der Waals surface area contributed by atoms with Gasteiger partial charge >= 0.3 is 6.09 Å².